The van der Waals surface area contributed by atoms with Crippen molar-refractivity contribution in [2.24, 2.45) is 5.73 Å². The summed E-state index contributed by atoms with van der Waals surface area (Å²) in [6.45, 7) is 0. The van der Waals surface area contributed by atoms with E-state index in [9.17, 15) is 14.9 Å². The number of nitro benzene ring substituents is 1. The first-order chi connectivity index (χ1) is 9.93. The van der Waals surface area contributed by atoms with E-state index in [4.69, 9.17) is 20.0 Å². The molecule has 1 unspecified atom stereocenters. The normalized spacial score (nSPS) is 11.9. The van der Waals surface area contributed by atoms with E-state index < -0.39 is 16.9 Å². The Morgan fingerprint density at radius 2 is 2.24 bits per heavy atom. The molecule has 0 aliphatic heterocycles. The van der Waals surface area contributed by atoms with Crippen LogP contribution in [0.15, 0.2) is 22.6 Å². The lowest BCUT2D eigenvalue weighted by molar-refractivity contribution is -0.385. The molecule has 0 radical (unpaired) electrons. The minimum atomic E-state index is -1.46. The number of aliphatic carboxylic acids is 1. The van der Waals surface area contributed by atoms with Crippen LogP contribution in [-0.2, 0) is 4.79 Å². The van der Waals surface area contributed by atoms with Gasteiger partial charge in [-0.25, -0.2) is 4.79 Å². The number of hydrogen-bond donors (Lipinski definition) is 2. The maximum Gasteiger partial charge on any atom is 0.330 e. The molecule has 110 valence electrons. The summed E-state index contributed by atoms with van der Waals surface area (Å²) >= 11 is 0. The van der Waals surface area contributed by atoms with E-state index >= 15 is 0 Å². The molecule has 2 aromatic rings. The number of carboxylic acids is 1. The van der Waals surface area contributed by atoms with Gasteiger partial charge >= 0.3 is 11.7 Å². The third kappa shape index (κ3) is 2.79. The standard InChI is InChI=1S/C11H10N4O6/c1-20-7-3-2-5(4-6(7)15(18)19)9-13-14-10(21-9)8(12)11(16)17/h2-4,8H,12H2,1H3,(H,16,17). The lowest BCUT2D eigenvalue weighted by Crippen LogP contribution is -2.20. The molecule has 0 saturated heterocycles. The number of nitrogens with zero attached hydrogens (tertiary/aromatic N) is 3. The van der Waals surface area contributed by atoms with E-state index in [1.54, 1.807) is 0 Å². The fourth-order valence-electron chi connectivity index (χ4n) is 1.55. The van der Waals surface area contributed by atoms with Crippen molar-refractivity contribution in [2.45, 2.75) is 6.04 Å². The van der Waals surface area contributed by atoms with Crippen LogP contribution in [-0.4, -0.2) is 33.3 Å². The Hall–Kier alpha value is -3.01. The Kier molecular flexibility index (Phi) is 3.80. The highest BCUT2D eigenvalue weighted by Gasteiger charge is 2.23. The van der Waals surface area contributed by atoms with E-state index in [1.807, 2.05) is 0 Å². The highest BCUT2D eigenvalue weighted by molar-refractivity contribution is 5.73. The van der Waals surface area contributed by atoms with E-state index in [0.717, 1.165) is 0 Å². The van der Waals surface area contributed by atoms with Gasteiger partial charge in [-0.15, -0.1) is 10.2 Å². The molecule has 1 aromatic heterocycles. The van der Waals surface area contributed by atoms with Gasteiger partial charge in [-0.3, -0.25) is 10.1 Å². The average molecular weight is 294 g/mol. The minimum absolute atomic E-state index is 0.0747. The van der Waals surface area contributed by atoms with Crippen LogP contribution in [0.1, 0.15) is 11.9 Å². The average Bonchev–Trinajstić information content (AvgIpc) is 2.95. The largest absolute Gasteiger partial charge is 0.490 e. The lowest BCUT2D eigenvalue weighted by atomic mass is 10.2. The molecule has 1 atom stereocenters. The zero-order valence-electron chi connectivity index (χ0n) is 10.7. The number of nitrogens with two attached hydrogens (primary N) is 1. The van der Waals surface area contributed by atoms with Crippen LogP contribution in [0.4, 0.5) is 5.69 Å². The third-order valence-electron chi connectivity index (χ3n) is 2.60. The fraction of sp³-hybridized carbons (Fsp3) is 0.182. The van der Waals surface area contributed by atoms with Gasteiger partial charge in [0.15, 0.2) is 11.8 Å². The van der Waals surface area contributed by atoms with Crippen LogP contribution < -0.4 is 10.5 Å². The molecule has 10 nitrogen and oxygen atoms in total. The Labute approximate surface area is 117 Å². The number of ether oxygens (including phenoxy) is 1. The van der Waals surface area contributed by atoms with Crippen molar-refractivity contribution >= 4 is 11.7 Å². The van der Waals surface area contributed by atoms with Gasteiger partial charge in [0.2, 0.25) is 11.8 Å². The van der Waals surface area contributed by atoms with Crippen molar-refractivity contribution < 1.29 is 24.0 Å². The quantitative estimate of drug-likeness (QED) is 0.599. The summed E-state index contributed by atoms with van der Waals surface area (Å²) in [6.07, 6.45) is 0. The third-order valence-corrected chi connectivity index (χ3v) is 2.60. The Balaban J connectivity index is 2.41. The van der Waals surface area contributed by atoms with Crippen molar-refractivity contribution in [1.29, 1.82) is 0 Å². The summed E-state index contributed by atoms with van der Waals surface area (Å²) in [4.78, 5) is 21.0. The topological polar surface area (TPSA) is 155 Å². The first kappa shape index (κ1) is 14.4. The maximum absolute atomic E-state index is 10.9. The Morgan fingerprint density at radius 3 is 2.81 bits per heavy atom. The molecule has 0 aliphatic rings. The molecule has 3 N–H and O–H groups in total. The number of nitro groups is 1. The van der Waals surface area contributed by atoms with Gasteiger partial charge < -0.3 is 20.0 Å². The van der Waals surface area contributed by atoms with Gasteiger partial charge in [0.05, 0.1) is 12.0 Å². The minimum Gasteiger partial charge on any atom is -0.490 e. The summed E-state index contributed by atoms with van der Waals surface area (Å²) in [5, 5.41) is 26.8. The number of aromatic nitrogens is 2. The second-order valence-electron chi connectivity index (χ2n) is 3.91. The van der Waals surface area contributed by atoms with Gasteiger partial charge in [-0.1, -0.05) is 0 Å². The molecule has 0 amide bonds. The second-order valence-corrected chi connectivity index (χ2v) is 3.91. The SMILES string of the molecule is COc1ccc(-c2nnc(C(N)C(=O)O)o2)cc1[N+](=O)[O-]. The van der Waals surface area contributed by atoms with E-state index in [-0.39, 0.29) is 28.8 Å². The molecule has 1 heterocycles. The van der Waals surface area contributed by atoms with Crippen LogP contribution in [0.3, 0.4) is 0 Å². The Morgan fingerprint density at radius 1 is 1.52 bits per heavy atom. The molecule has 0 bridgehead atoms. The zero-order chi connectivity index (χ0) is 15.6. The van der Waals surface area contributed by atoms with Crippen molar-refractivity contribution in [3.8, 4) is 17.2 Å². The fourth-order valence-corrected chi connectivity index (χ4v) is 1.55. The monoisotopic (exact) mass is 294 g/mol. The summed E-state index contributed by atoms with van der Waals surface area (Å²) in [7, 11) is 1.30. The van der Waals surface area contributed by atoms with Crippen LogP contribution in [0.25, 0.3) is 11.5 Å². The second kappa shape index (κ2) is 5.54. The Bertz CT molecular complexity index is 698. The highest BCUT2D eigenvalue weighted by atomic mass is 16.6. The number of carboxylic acid groups (broad SMARTS) is 1. The highest BCUT2D eigenvalue weighted by Crippen LogP contribution is 2.31. The molecular formula is C11H10N4O6. The van der Waals surface area contributed by atoms with Crippen molar-refractivity contribution in [3.05, 3.63) is 34.2 Å². The molecule has 1 aromatic carbocycles. The summed E-state index contributed by atoms with van der Waals surface area (Å²) in [6, 6.07) is 2.56. The molecule has 0 spiro atoms. The van der Waals surface area contributed by atoms with Crippen LogP contribution in [0.5, 0.6) is 5.75 Å². The summed E-state index contributed by atoms with van der Waals surface area (Å²) < 4.78 is 9.98. The molecule has 0 aliphatic carbocycles. The number of carbonyl (C=O) groups is 1. The smallest absolute Gasteiger partial charge is 0.330 e. The van der Waals surface area contributed by atoms with Gasteiger partial charge in [0, 0.05) is 11.6 Å². The van der Waals surface area contributed by atoms with Gasteiger partial charge in [-0.05, 0) is 12.1 Å². The number of methoxy groups -OCH3 is 1. The molecule has 0 saturated carbocycles. The first-order valence-electron chi connectivity index (χ1n) is 5.58. The number of benzene rings is 1. The number of hydrogen-bond acceptors (Lipinski definition) is 8. The van der Waals surface area contributed by atoms with Crippen molar-refractivity contribution in [2.75, 3.05) is 7.11 Å². The molecule has 21 heavy (non-hydrogen) atoms. The van der Waals surface area contributed by atoms with E-state index in [1.165, 1.54) is 25.3 Å². The van der Waals surface area contributed by atoms with Gasteiger partial charge in [-0.2, -0.15) is 0 Å². The van der Waals surface area contributed by atoms with Gasteiger partial charge in [0.25, 0.3) is 0 Å². The van der Waals surface area contributed by atoms with Crippen LogP contribution in [0, 0.1) is 10.1 Å². The molecule has 0 fully saturated rings. The molecule has 10 heteroatoms. The van der Waals surface area contributed by atoms with Gasteiger partial charge in [0.1, 0.15) is 0 Å². The maximum atomic E-state index is 10.9. The van der Waals surface area contributed by atoms with Crippen molar-refractivity contribution in [1.82, 2.24) is 10.2 Å². The molecule has 2 rings (SSSR count). The van der Waals surface area contributed by atoms with E-state index in [2.05, 4.69) is 10.2 Å². The summed E-state index contributed by atoms with van der Waals surface area (Å²) in [5.74, 6) is -1.62. The lowest BCUT2D eigenvalue weighted by Gasteiger charge is -2.02. The van der Waals surface area contributed by atoms with Crippen LogP contribution in [0.2, 0.25) is 0 Å². The van der Waals surface area contributed by atoms with Crippen molar-refractivity contribution in [3.63, 3.8) is 0 Å². The zero-order valence-corrected chi connectivity index (χ0v) is 10.7. The molecular weight excluding hydrogens is 284 g/mol. The summed E-state index contributed by atoms with van der Waals surface area (Å²) in [5.41, 5.74) is 5.30. The van der Waals surface area contributed by atoms with E-state index in [0.29, 0.717) is 0 Å². The predicted molar refractivity (Wildman–Crippen MR) is 67.5 cm³/mol. The predicted octanol–water partition coefficient (Wildman–Crippen LogP) is 0.738. The first-order valence-corrected chi connectivity index (χ1v) is 5.58. The van der Waals surface area contributed by atoms with Crippen LogP contribution >= 0.6 is 0 Å². The number of rotatable bonds is 5.